The van der Waals surface area contributed by atoms with Gasteiger partial charge in [-0.1, -0.05) is 55.1 Å². The van der Waals surface area contributed by atoms with Crippen LogP contribution in [0, 0.1) is 11.8 Å². The van der Waals surface area contributed by atoms with E-state index in [-0.39, 0.29) is 36.2 Å². The SMILES string of the molecule is CC[C@H](C)C(CNC(=O)[C@H](C)NC)C(=O)N1CCC[C@H]1C(=O)Nc1snnc1-c1ccccc1. The lowest BCUT2D eigenvalue weighted by molar-refractivity contribution is -0.141. The minimum Gasteiger partial charge on any atom is -0.354 e. The average Bonchev–Trinajstić information content (AvgIpc) is 3.53. The lowest BCUT2D eigenvalue weighted by atomic mass is 9.90. The topological polar surface area (TPSA) is 116 Å². The number of nitrogens with zero attached hydrogens (tertiary/aromatic N) is 3. The number of hydrogen-bond donors (Lipinski definition) is 3. The van der Waals surface area contributed by atoms with Crippen LogP contribution in [0.1, 0.15) is 40.0 Å². The van der Waals surface area contributed by atoms with E-state index in [9.17, 15) is 14.4 Å². The molecule has 0 bridgehead atoms. The number of carbonyl (C=O) groups excluding carboxylic acids is 3. The van der Waals surface area contributed by atoms with Crippen molar-refractivity contribution in [2.75, 3.05) is 25.5 Å². The molecule has 3 rings (SSSR count). The van der Waals surface area contributed by atoms with Gasteiger partial charge in [-0.25, -0.2) is 0 Å². The molecule has 0 radical (unpaired) electrons. The Kier molecular flexibility index (Phi) is 9.12. The molecule has 1 aliphatic rings. The summed E-state index contributed by atoms with van der Waals surface area (Å²) >= 11 is 1.12. The highest BCUT2D eigenvalue weighted by Crippen LogP contribution is 2.30. The zero-order valence-electron chi connectivity index (χ0n) is 20.2. The zero-order valence-corrected chi connectivity index (χ0v) is 21.0. The molecule has 0 saturated carbocycles. The highest BCUT2D eigenvalue weighted by molar-refractivity contribution is 7.10. The molecule has 9 nitrogen and oxygen atoms in total. The first-order valence-electron chi connectivity index (χ1n) is 11.8. The molecule has 3 N–H and O–H groups in total. The van der Waals surface area contributed by atoms with E-state index < -0.39 is 12.0 Å². The maximum atomic E-state index is 13.6. The second-order valence-corrected chi connectivity index (χ2v) is 9.50. The number of carbonyl (C=O) groups is 3. The van der Waals surface area contributed by atoms with E-state index >= 15 is 0 Å². The molecule has 1 aliphatic heterocycles. The number of anilines is 1. The number of likely N-dealkylation sites (N-methyl/N-ethyl adjacent to an activating group) is 1. The number of rotatable bonds is 10. The van der Waals surface area contributed by atoms with E-state index in [1.54, 1.807) is 18.9 Å². The number of nitrogens with one attached hydrogen (secondary N) is 3. The standard InChI is InChI=1S/C24H34N6O3S/c1-5-15(2)18(14-26-21(31)16(3)25-4)24(33)30-13-9-12-19(30)22(32)27-23-20(28-29-34-23)17-10-7-6-8-11-17/h6-8,10-11,15-16,18-19,25H,5,9,12-14H2,1-4H3,(H,26,31)(H,27,32)/t15-,16-,18?,19-/m0/s1. The van der Waals surface area contributed by atoms with Crippen molar-refractivity contribution < 1.29 is 14.4 Å². The summed E-state index contributed by atoms with van der Waals surface area (Å²) in [5, 5.41) is 13.5. The van der Waals surface area contributed by atoms with Gasteiger partial charge in [-0.2, -0.15) is 0 Å². The molecule has 1 aromatic carbocycles. The van der Waals surface area contributed by atoms with Gasteiger partial charge < -0.3 is 20.9 Å². The number of benzene rings is 1. The van der Waals surface area contributed by atoms with Crippen LogP contribution in [-0.2, 0) is 14.4 Å². The van der Waals surface area contributed by atoms with Crippen molar-refractivity contribution in [2.24, 2.45) is 11.8 Å². The van der Waals surface area contributed by atoms with Crippen molar-refractivity contribution in [1.82, 2.24) is 25.1 Å². The van der Waals surface area contributed by atoms with Crippen molar-refractivity contribution in [3.8, 4) is 11.3 Å². The van der Waals surface area contributed by atoms with Crippen LogP contribution in [0.3, 0.4) is 0 Å². The van der Waals surface area contributed by atoms with E-state index in [4.69, 9.17) is 0 Å². The third-order valence-corrected chi connectivity index (χ3v) is 7.22. The Morgan fingerprint density at radius 1 is 1.21 bits per heavy atom. The van der Waals surface area contributed by atoms with Crippen molar-refractivity contribution in [2.45, 2.75) is 52.1 Å². The smallest absolute Gasteiger partial charge is 0.247 e. The Labute approximate surface area is 204 Å². The molecular weight excluding hydrogens is 452 g/mol. The Hall–Kier alpha value is -2.85. The Bertz CT molecular complexity index is 982. The van der Waals surface area contributed by atoms with Crippen molar-refractivity contribution in [1.29, 1.82) is 0 Å². The van der Waals surface area contributed by atoms with Gasteiger partial charge in [-0.3, -0.25) is 14.4 Å². The molecule has 2 aromatic rings. The van der Waals surface area contributed by atoms with E-state index in [1.807, 2.05) is 44.2 Å². The summed E-state index contributed by atoms with van der Waals surface area (Å²) in [6, 6.07) is 8.65. The Balaban J connectivity index is 1.71. The van der Waals surface area contributed by atoms with Crippen LogP contribution in [0.5, 0.6) is 0 Å². The highest BCUT2D eigenvalue weighted by Gasteiger charge is 2.39. The molecule has 0 spiro atoms. The van der Waals surface area contributed by atoms with Gasteiger partial charge in [-0.15, -0.1) is 5.10 Å². The van der Waals surface area contributed by atoms with E-state index in [2.05, 4.69) is 25.5 Å². The van der Waals surface area contributed by atoms with E-state index in [0.717, 1.165) is 29.9 Å². The molecule has 1 aromatic heterocycles. The number of aromatic nitrogens is 2. The molecule has 10 heteroatoms. The quantitative estimate of drug-likeness (QED) is 0.475. The minimum absolute atomic E-state index is 0.0670. The first-order chi connectivity index (χ1) is 16.4. The van der Waals surface area contributed by atoms with Crippen molar-refractivity contribution >= 4 is 34.3 Å². The van der Waals surface area contributed by atoms with Gasteiger partial charge in [-0.05, 0) is 32.7 Å². The third-order valence-electron chi connectivity index (χ3n) is 6.58. The molecule has 2 heterocycles. The summed E-state index contributed by atoms with van der Waals surface area (Å²) in [6.45, 7) is 6.58. The van der Waals surface area contributed by atoms with Crippen molar-refractivity contribution in [3.05, 3.63) is 30.3 Å². The zero-order chi connectivity index (χ0) is 24.7. The summed E-state index contributed by atoms with van der Waals surface area (Å²) in [5.41, 5.74) is 1.49. The first-order valence-corrected chi connectivity index (χ1v) is 12.6. The highest BCUT2D eigenvalue weighted by atomic mass is 32.1. The maximum Gasteiger partial charge on any atom is 0.247 e. The lowest BCUT2D eigenvalue weighted by Gasteiger charge is -2.31. The van der Waals surface area contributed by atoms with Crippen molar-refractivity contribution in [3.63, 3.8) is 0 Å². The van der Waals surface area contributed by atoms with Gasteiger partial charge in [0.05, 0.1) is 12.0 Å². The second kappa shape index (κ2) is 12.0. The van der Waals surface area contributed by atoms with E-state index in [1.165, 1.54) is 0 Å². The van der Waals surface area contributed by atoms with Gasteiger partial charge >= 0.3 is 0 Å². The normalized spacial score (nSPS) is 18.2. The Morgan fingerprint density at radius 3 is 2.62 bits per heavy atom. The lowest BCUT2D eigenvalue weighted by Crippen LogP contribution is -2.50. The van der Waals surface area contributed by atoms with E-state index in [0.29, 0.717) is 23.7 Å². The predicted molar refractivity (Wildman–Crippen MR) is 133 cm³/mol. The first kappa shape index (κ1) is 25.8. The largest absolute Gasteiger partial charge is 0.354 e. The average molecular weight is 487 g/mol. The van der Waals surface area contributed by atoms with Crippen LogP contribution in [0.25, 0.3) is 11.3 Å². The summed E-state index contributed by atoms with van der Waals surface area (Å²) < 4.78 is 4.01. The van der Waals surface area contributed by atoms with Crippen LogP contribution >= 0.6 is 11.5 Å². The molecule has 34 heavy (non-hydrogen) atoms. The van der Waals surface area contributed by atoms with Crippen LogP contribution < -0.4 is 16.0 Å². The maximum absolute atomic E-state index is 13.6. The van der Waals surface area contributed by atoms with Gasteiger partial charge in [0.1, 0.15) is 16.7 Å². The molecule has 1 unspecified atom stereocenters. The summed E-state index contributed by atoms with van der Waals surface area (Å²) in [4.78, 5) is 40.7. The fourth-order valence-electron chi connectivity index (χ4n) is 4.08. The van der Waals surface area contributed by atoms with Gasteiger partial charge in [0, 0.05) is 30.2 Å². The second-order valence-electron chi connectivity index (χ2n) is 8.74. The van der Waals surface area contributed by atoms with Gasteiger partial charge in [0.25, 0.3) is 0 Å². The molecule has 4 atom stereocenters. The number of hydrogen-bond acceptors (Lipinski definition) is 7. The summed E-state index contributed by atoms with van der Waals surface area (Å²) in [7, 11) is 1.72. The molecule has 0 aliphatic carbocycles. The molecule has 184 valence electrons. The Morgan fingerprint density at radius 2 is 1.94 bits per heavy atom. The number of amides is 3. The molecule has 1 fully saturated rings. The van der Waals surface area contributed by atoms with Gasteiger partial charge in [0.15, 0.2) is 0 Å². The predicted octanol–water partition coefficient (Wildman–Crippen LogP) is 2.52. The van der Waals surface area contributed by atoms with Crippen LogP contribution in [-0.4, -0.2) is 64.4 Å². The summed E-state index contributed by atoms with van der Waals surface area (Å²) in [5.74, 6) is -0.792. The molecular formula is C24H34N6O3S. The fraction of sp³-hybridized carbons (Fsp3) is 0.542. The van der Waals surface area contributed by atoms with Crippen LogP contribution in [0.2, 0.25) is 0 Å². The van der Waals surface area contributed by atoms with Gasteiger partial charge in [0.2, 0.25) is 17.7 Å². The number of likely N-dealkylation sites (tertiary alicyclic amines) is 1. The molecule has 1 saturated heterocycles. The monoisotopic (exact) mass is 486 g/mol. The van der Waals surface area contributed by atoms with Crippen LogP contribution in [0.15, 0.2) is 30.3 Å². The fourth-order valence-corrected chi connectivity index (χ4v) is 4.68. The summed E-state index contributed by atoms with van der Waals surface area (Å²) in [6.07, 6.45) is 2.15. The third kappa shape index (κ3) is 5.98. The molecule has 3 amide bonds. The minimum atomic E-state index is -0.559. The van der Waals surface area contributed by atoms with Crippen LogP contribution in [0.4, 0.5) is 5.00 Å².